The maximum atomic E-state index is 5.44. The van der Waals surface area contributed by atoms with Gasteiger partial charge in [0, 0.05) is 40.1 Å². The molecule has 0 fully saturated rings. The Labute approximate surface area is 153 Å². The minimum atomic E-state index is 0.261. The van der Waals surface area contributed by atoms with E-state index in [-0.39, 0.29) is 5.92 Å². The van der Waals surface area contributed by atoms with Crippen LogP contribution in [0.4, 0.5) is 0 Å². The molecule has 4 rings (SSSR count). The van der Waals surface area contributed by atoms with Gasteiger partial charge in [-0.3, -0.25) is 0 Å². The third-order valence-electron chi connectivity index (χ3n) is 5.18. The van der Waals surface area contributed by atoms with E-state index in [1.54, 1.807) is 14.2 Å². The summed E-state index contributed by atoms with van der Waals surface area (Å²) in [5.74, 6) is 2.45. The van der Waals surface area contributed by atoms with E-state index in [1.165, 1.54) is 21.9 Å². The summed E-state index contributed by atoms with van der Waals surface area (Å²) in [5.41, 5.74) is 4.84. The molecule has 0 aliphatic rings. The number of aromatic nitrogens is 2. The standard InChI is InChI=1S/C22H24N2O2/c1-13(2)22(18-11-23-20-7-5-14(25-3)9-16(18)20)19-12-24-21-8-6-15(26-4)10-17(19)21/h5-13,22-24H,1-4H3. The van der Waals surface area contributed by atoms with Crippen LogP contribution in [-0.4, -0.2) is 24.2 Å². The Bertz CT molecular complexity index is 977. The highest BCUT2D eigenvalue weighted by molar-refractivity contribution is 5.89. The second-order valence-electron chi connectivity index (χ2n) is 7.03. The minimum absolute atomic E-state index is 0.261. The number of methoxy groups -OCH3 is 2. The number of aromatic amines is 2. The number of hydrogen-bond acceptors (Lipinski definition) is 2. The van der Waals surface area contributed by atoms with Crippen molar-refractivity contribution in [1.29, 1.82) is 0 Å². The van der Waals surface area contributed by atoms with Crippen LogP contribution in [0.15, 0.2) is 48.8 Å². The van der Waals surface area contributed by atoms with E-state index in [9.17, 15) is 0 Å². The zero-order valence-corrected chi connectivity index (χ0v) is 15.6. The van der Waals surface area contributed by atoms with Crippen molar-refractivity contribution in [1.82, 2.24) is 9.97 Å². The number of ether oxygens (including phenoxy) is 2. The molecule has 2 heterocycles. The fourth-order valence-electron chi connectivity index (χ4n) is 3.90. The van der Waals surface area contributed by atoms with Gasteiger partial charge in [-0.05, 0) is 53.4 Å². The highest BCUT2D eigenvalue weighted by Gasteiger charge is 2.24. The summed E-state index contributed by atoms with van der Waals surface area (Å²) in [4.78, 5) is 6.83. The molecule has 0 atom stereocenters. The van der Waals surface area contributed by atoms with Gasteiger partial charge in [-0.25, -0.2) is 0 Å². The van der Waals surface area contributed by atoms with E-state index in [2.05, 4.69) is 60.5 Å². The first-order valence-electron chi connectivity index (χ1n) is 8.92. The molecule has 2 N–H and O–H groups in total. The first-order valence-corrected chi connectivity index (χ1v) is 8.92. The summed E-state index contributed by atoms with van der Waals surface area (Å²) in [6, 6.07) is 12.4. The molecule has 0 bridgehead atoms. The second-order valence-corrected chi connectivity index (χ2v) is 7.03. The number of nitrogens with one attached hydrogen (secondary N) is 2. The summed E-state index contributed by atoms with van der Waals surface area (Å²) in [6.07, 6.45) is 4.27. The molecule has 4 aromatic rings. The molecule has 0 spiro atoms. The summed E-state index contributed by atoms with van der Waals surface area (Å²) < 4.78 is 10.9. The van der Waals surface area contributed by atoms with Crippen LogP contribution in [0, 0.1) is 5.92 Å². The normalized spacial score (nSPS) is 11.8. The molecule has 134 valence electrons. The maximum Gasteiger partial charge on any atom is 0.119 e. The van der Waals surface area contributed by atoms with E-state index >= 15 is 0 Å². The van der Waals surface area contributed by atoms with Crippen molar-refractivity contribution in [2.45, 2.75) is 19.8 Å². The quantitative estimate of drug-likeness (QED) is 0.503. The molecule has 0 saturated heterocycles. The topological polar surface area (TPSA) is 50.0 Å². The third-order valence-corrected chi connectivity index (χ3v) is 5.18. The monoisotopic (exact) mass is 348 g/mol. The molecule has 0 amide bonds. The van der Waals surface area contributed by atoms with Gasteiger partial charge in [-0.15, -0.1) is 0 Å². The lowest BCUT2D eigenvalue weighted by atomic mass is 9.82. The molecule has 0 unspecified atom stereocenters. The van der Waals surface area contributed by atoms with Crippen molar-refractivity contribution >= 4 is 21.8 Å². The van der Waals surface area contributed by atoms with E-state index < -0.39 is 0 Å². The Kier molecular flexibility index (Phi) is 4.11. The van der Waals surface area contributed by atoms with Gasteiger partial charge in [-0.1, -0.05) is 13.8 Å². The molecule has 26 heavy (non-hydrogen) atoms. The minimum Gasteiger partial charge on any atom is -0.497 e. The summed E-state index contributed by atoms with van der Waals surface area (Å²) in [6.45, 7) is 4.53. The molecular formula is C22H24N2O2. The Morgan fingerprint density at radius 2 is 1.19 bits per heavy atom. The second kappa shape index (κ2) is 6.45. The molecular weight excluding hydrogens is 324 g/mol. The molecule has 2 aromatic carbocycles. The predicted octanol–water partition coefficient (Wildman–Crippen LogP) is 5.45. The van der Waals surface area contributed by atoms with Crippen molar-refractivity contribution in [2.75, 3.05) is 14.2 Å². The van der Waals surface area contributed by atoms with Crippen LogP contribution in [0.5, 0.6) is 11.5 Å². The fraction of sp³-hybridized carbons (Fsp3) is 0.273. The van der Waals surface area contributed by atoms with Gasteiger partial charge >= 0.3 is 0 Å². The SMILES string of the molecule is COc1ccc2[nH]cc(C(c3c[nH]c4ccc(OC)cc34)C(C)C)c2c1. The smallest absolute Gasteiger partial charge is 0.119 e. The Morgan fingerprint density at radius 1 is 0.731 bits per heavy atom. The first kappa shape index (κ1) is 16.6. The van der Waals surface area contributed by atoms with Gasteiger partial charge in [0.15, 0.2) is 0 Å². The van der Waals surface area contributed by atoms with Crippen molar-refractivity contribution in [3.05, 3.63) is 59.9 Å². The fourth-order valence-corrected chi connectivity index (χ4v) is 3.90. The van der Waals surface area contributed by atoms with Crippen LogP contribution in [0.25, 0.3) is 21.8 Å². The van der Waals surface area contributed by atoms with Gasteiger partial charge in [0.2, 0.25) is 0 Å². The van der Waals surface area contributed by atoms with Crippen LogP contribution in [0.3, 0.4) is 0 Å². The average molecular weight is 348 g/mol. The largest absolute Gasteiger partial charge is 0.497 e. The third kappa shape index (κ3) is 2.62. The Balaban J connectivity index is 1.92. The van der Waals surface area contributed by atoms with Crippen molar-refractivity contribution < 1.29 is 9.47 Å². The number of fused-ring (bicyclic) bond motifs is 2. The van der Waals surface area contributed by atoms with Crippen LogP contribution in [-0.2, 0) is 0 Å². The summed E-state index contributed by atoms with van der Waals surface area (Å²) in [5, 5.41) is 2.42. The Morgan fingerprint density at radius 3 is 1.58 bits per heavy atom. The zero-order chi connectivity index (χ0) is 18.3. The van der Waals surface area contributed by atoms with Crippen molar-refractivity contribution in [3.8, 4) is 11.5 Å². The first-order chi connectivity index (χ1) is 12.6. The maximum absolute atomic E-state index is 5.44. The lowest BCUT2D eigenvalue weighted by molar-refractivity contribution is 0.415. The van der Waals surface area contributed by atoms with Gasteiger partial charge < -0.3 is 19.4 Å². The Hall–Kier alpha value is -2.88. The lowest BCUT2D eigenvalue weighted by Gasteiger charge is -2.21. The number of H-pyrrole nitrogens is 2. The predicted molar refractivity (Wildman–Crippen MR) is 106 cm³/mol. The molecule has 0 aliphatic heterocycles. The van der Waals surface area contributed by atoms with E-state index in [0.717, 1.165) is 22.5 Å². The highest BCUT2D eigenvalue weighted by atomic mass is 16.5. The lowest BCUT2D eigenvalue weighted by Crippen LogP contribution is -2.07. The van der Waals surface area contributed by atoms with E-state index in [1.807, 2.05) is 12.1 Å². The van der Waals surface area contributed by atoms with Gasteiger partial charge in [0.25, 0.3) is 0 Å². The van der Waals surface area contributed by atoms with Crippen molar-refractivity contribution in [3.63, 3.8) is 0 Å². The van der Waals surface area contributed by atoms with E-state index in [4.69, 9.17) is 9.47 Å². The van der Waals surface area contributed by atoms with Crippen LogP contribution in [0.2, 0.25) is 0 Å². The summed E-state index contributed by atoms with van der Waals surface area (Å²) >= 11 is 0. The average Bonchev–Trinajstić information content (AvgIpc) is 3.26. The van der Waals surface area contributed by atoms with Crippen LogP contribution < -0.4 is 9.47 Å². The number of hydrogen-bond donors (Lipinski definition) is 2. The molecule has 4 heteroatoms. The number of benzene rings is 2. The molecule has 0 radical (unpaired) electrons. The zero-order valence-electron chi connectivity index (χ0n) is 15.6. The molecule has 2 aromatic heterocycles. The van der Waals surface area contributed by atoms with Crippen molar-refractivity contribution in [2.24, 2.45) is 5.92 Å². The van der Waals surface area contributed by atoms with Crippen LogP contribution >= 0.6 is 0 Å². The molecule has 0 aliphatic carbocycles. The van der Waals surface area contributed by atoms with E-state index in [0.29, 0.717) is 5.92 Å². The van der Waals surface area contributed by atoms with Crippen LogP contribution in [0.1, 0.15) is 30.9 Å². The van der Waals surface area contributed by atoms with Gasteiger partial charge in [0.1, 0.15) is 11.5 Å². The molecule has 4 nitrogen and oxygen atoms in total. The number of rotatable bonds is 5. The highest BCUT2D eigenvalue weighted by Crippen LogP contribution is 2.40. The summed E-state index contributed by atoms with van der Waals surface area (Å²) in [7, 11) is 3.42. The molecule has 0 saturated carbocycles. The van der Waals surface area contributed by atoms with Gasteiger partial charge in [-0.2, -0.15) is 0 Å². The van der Waals surface area contributed by atoms with Gasteiger partial charge in [0.05, 0.1) is 14.2 Å².